The van der Waals surface area contributed by atoms with Gasteiger partial charge < -0.3 is 15.4 Å². The number of carbonyl (C=O) groups excluding carboxylic acids is 2. The van der Waals surface area contributed by atoms with Gasteiger partial charge in [0, 0.05) is 27.1 Å². The molecule has 2 N–H and O–H groups in total. The highest BCUT2D eigenvalue weighted by Crippen LogP contribution is 2.28. The number of benzene rings is 1. The molecule has 0 saturated carbocycles. The fraction of sp³-hybridized carbons (Fsp3) is 0.385. The molecule has 0 saturated heterocycles. The molecule has 1 aromatic carbocycles. The smallest absolute Gasteiger partial charge is 0.243 e. The van der Waals surface area contributed by atoms with Gasteiger partial charge in [-0.2, -0.15) is 4.31 Å². The summed E-state index contributed by atoms with van der Waals surface area (Å²) in [6.45, 7) is 1.04. The van der Waals surface area contributed by atoms with Gasteiger partial charge in [0.15, 0.2) is 0 Å². The van der Waals surface area contributed by atoms with Gasteiger partial charge in [-0.3, -0.25) is 9.59 Å². The van der Waals surface area contributed by atoms with Crippen molar-refractivity contribution < 1.29 is 22.7 Å². The molecular weight excluding hydrogens is 310 g/mol. The van der Waals surface area contributed by atoms with Crippen molar-refractivity contribution in [2.24, 2.45) is 0 Å². The van der Waals surface area contributed by atoms with Crippen LogP contribution in [0.3, 0.4) is 0 Å². The van der Waals surface area contributed by atoms with Gasteiger partial charge in [-0.15, -0.1) is 0 Å². The summed E-state index contributed by atoms with van der Waals surface area (Å²) < 4.78 is 30.8. The van der Waals surface area contributed by atoms with Gasteiger partial charge in [0.25, 0.3) is 0 Å². The first-order valence-corrected chi connectivity index (χ1v) is 7.79. The highest BCUT2D eigenvalue weighted by molar-refractivity contribution is 7.89. The molecule has 8 nitrogen and oxygen atoms in total. The van der Waals surface area contributed by atoms with Crippen molar-refractivity contribution in [2.75, 3.05) is 33.1 Å². The summed E-state index contributed by atoms with van der Waals surface area (Å²) >= 11 is 0. The molecule has 0 spiro atoms. The van der Waals surface area contributed by atoms with Gasteiger partial charge in [-0.1, -0.05) is 0 Å². The average Bonchev–Trinajstić information content (AvgIpc) is 2.46. The minimum atomic E-state index is -3.84. The Hall–Kier alpha value is -2.13. The topological polar surface area (TPSA) is 105 Å². The van der Waals surface area contributed by atoms with Crippen LogP contribution in [0.1, 0.15) is 6.92 Å². The van der Waals surface area contributed by atoms with E-state index in [4.69, 9.17) is 4.74 Å². The molecule has 122 valence electrons. The first-order chi connectivity index (χ1) is 10.2. The molecule has 0 aliphatic carbocycles. The van der Waals surface area contributed by atoms with E-state index in [2.05, 4.69) is 10.6 Å². The third kappa shape index (κ3) is 4.18. The van der Waals surface area contributed by atoms with Gasteiger partial charge >= 0.3 is 0 Å². The predicted octanol–water partition coefficient (Wildman–Crippen LogP) is 0.0201. The predicted molar refractivity (Wildman–Crippen MR) is 81.2 cm³/mol. The SMILES string of the molecule is CNC(=O)CN(C)S(=O)(=O)c1ccc(NC(C)=O)c(OC)c1. The van der Waals surface area contributed by atoms with Gasteiger partial charge in [-0.25, -0.2) is 8.42 Å². The van der Waals surface area contributed by atoms with Crippen LogP contribution in [0.25, 0.3) is 0 Å². The van der Waals surface area contributed by atoms with Crippen molar-refractivity contribution in [2.45, 2.75) is 11.8 Å². The summed E-state index contributed by atoms with van der Waals surface area (Å²) in [4.78, 5) is 22.4. The van der Waals surface area contributed by atoms with E-state index in [1.807, 2.05) is 0 Å². The van der Waals surface area contributed by atoms with Crippen LogP contribution in [0, 0.1) is 0 Å². The molecule has 0 heterocycles. The molecule has 0 aliphatic heterocycles. The zero-order valence-electron chi connectivity index (χ0n) is 12.8. The van der Waals surface area contributed by atoms with Crippen molar-refractivity contribution in [1.29, 1.82) is 0 Å². The Labute approximate surface area is 129 Å². The van der Waals surface area contributed by atoms with E-state index < -0.39 is 15.9 Å². The number of likely N-dealkylation sites (N-methyl/N-ethyl adjacent to an activating group) is 2. The number of nitrogens with one attached hydrogen (secondary N) is 2. The summed E-state index contributed by atoms with van der Waals surface area (Å²) in [5, 5.41) is 4.89. The molecule has 0 aromatic heterocycles. The number of nitrogens with zero attached hydrogens (tertiary/aromatic N) is 1. The average molecular weight is 329 g/mol. The quantitative estimate of drug-likeness (QED) is 0.765. The van der Waals surface area contributed by atoms with Gasteiger partial charge in [0.2, 0.25) is 21.8 Å². The molecule has 0 radical (unpaired) electrons. The number of anilines is 1. The number of rotatable bonds is 6. The molecule has 0 bridgehead atoms. The number of ether oxygens (including phenoxy) is 1. The van der Waals surface area contributed by atoms with Crippen LogP contribution in [0.4, 0.5) is 5.69 Å². The molecule has 1 rings (SSSR count). The first-order valence-electron chi connectivity index (χ1n) is 6.35. The second kappa shape index (κ2) is 7.23. The van der Waals surface area contributed by atoms with Crippen molar-refractivity contribution in [3.05, 3.63) is 18.2 Å². The maximum Gasteiger partial charge on any atom is 0.243 e. The van der Waals surface area contributed by atoms with E-state index in [1.54, 1.807) is 0 Å². The minimum absolute atomic E-state index is 0.0372. The summed E-state index contributed by atoms with van der Waals surface area (Å²) in [6, 6.07) is 4.06. The van der Waals surface area contributed by atoms with Crippen molar-refractivity contribution in [3.63, 3.8) is 0 Å². The Bertz CT molecular complexity index is 672. The fourth-order valence-electron chi connectivity index (χ4n) is 1.67. The number of sulfonamides is 1. The molecule has 2 amide bonds. The molecular formula is C13H19N3O5S. The molecule has 0 unspecified atom stereocenters. The van der Waals surface area contributed by atoms with Gasteiger partial charge in [-0.05, 0) is 12.1 Å². The van der Waals surface area contributed by atoms with Crippen LogP contribution in [0.5, 0.6) is 5.75 Å². The lowest BCUT2D eigenvalue weighted by molar-refractivity contribution is -0.120. The monoisotopic (exact) mass is 329 g/mol. The maximum atomic E-state index is 12.4. The number of methoxy groups -OCH3 is 1. The lowest BCUT2D eigenvalue weighted by Crippen LogP contribution is -2.36. The van der Waals surface area contributed by atoms with Crippen LogP contribution in [-0.4, -0.2) is 52.3 Å². The molecule has 0 fully saturated rings. The summed E-state index contributed by atoms with van der Waals surface area (Å²) in [7, 11) is 0.253. The van der Waals surface area contributed by atoms with E-state index in [0.29, 0.717) is 5.69 Å². The van der Waals surface area contributed by atoms with E-state index in [9.17, 15) is 18.0 Å². The third-order valence-electron chi connectivity index (χ3n) is 2.84. The molecule has 0 atom stereocenters. The van der Waals surface area contributed by atoms with Crippen LogP contribution in [-0.2, 0) is 19.6 Å². The second-order valence-corrected chi connectivity index (χ2v) is 6.52. The van der Waals surface area contributed by atoms with E-state index >= 15 is 0 Å². The first kappa shape index (κ1) is 17.9. The zero-order chi connectivity index (χ0) is 16.9. The summed E-state index contributed by atoms with van der Waals surface area (Å²) in [6.07, 6.45) is 0. The lowest BCUT2D eigenvalue weighted by atomic mass is 10.3. The third-order valence-corrected chi connectivity index (χ3v) is 4.64. The largest absolute Gasteiger partial charge is 0.495 e. The van der Waals surface area contributed by atoms with E-state index in [0.717, 1.165) is 4.31 Å². The van der Waals surface area contributed by atoms with Crippen LogP contribution < -0.4 is 15.4 Å². The molecule has 1 aromatic rings. The maximum absolute atomic E-state index is 12.4. The normalized spacial score (nSPS) is 11.1. The number of amides is 2. The highest BCUT2D eigenvalue weighted by atomic mass is 32.2. The molecule has 9 heteroatoms. The Morgan fingerprint density at radius 3 is 2.45 bits per heavy atom. The molecule has 0 aliphatic rings. The van der Waals surface area contributed by atoms with Gasteiger partial charge in [0.05, 0.1) is 24.2 Å². The zero-order valence-corrected chi connectivity index (χ0v) is 13.7. The second-order valence-electron chi connectivity index (χ2n) is 4.48. The molecule has 22 heavy (non-hydrogen) atoms. The Morgan fingerprint density at radius 1 is 1.32 bits per heavy atom. The van der Waals surface area contributed by atoms with Crippen molar-refractivity contribution in [1.82, 2.24) is 9.62 Å². The van der Waals surface area contributed by atoms with E-state index in [-0.39, 0.29) is 23.1 Å². The number of hydrogen-bond acceptors (Lipinski definition) is 5. The van der Waals surface area contributed by atoms with Crippen LogP contribution in [0.15, 0.2) is 23.1 Å². The number of carbonyl (C=O) groups is 2. The van der Waals surface area contributed by atoms with Gasteiger partial charge in [0.1, 0.15) is 5.75 Å². The minimum Gasteiger partial charge on any atom is -0.495 e. The Balaban J connectivity index is 3.15. The van der Waals surface area contributed by atoms with Crippen LogP contribution in [0.2, 0.25) is 0 Å². The Morgan fingerprint density at radius 2 is 1.95 bits per heavy atom. The van der Waals surface area contributed by atoms with Crippen molar-refractivity contribution in [3.8, 4) is 5.75 Å². The standard InChI is InChI=1S/C13H19N3O5S/c1-9(17)15-11-6-5-10(7-12(11)21-4)22(19,20)16(3)8-13(18)14-2/h5-7H,8H2,1-4H3,(H,14,18)(H,15,17). The Kier molecular flexibility index (Phi) is 5.89. The summed E-state index contributed by atoms with van der Waals surface area (Å²) in [5.41, 5.74) is 0.364. The van der Waals surface area contributed by atoms with Crippen LogP contribution >= 0.6 is 0 Å². The van der Waals surface area contributed by atoms with E-state index in [1.165, 1.54) is 46.3 Å². The van der Waals surface area contributed by atoms with Crippen molar-refractivity contribution >= 4 is 27.5 Å². The highest BCUT2D eigenvalue weighted by Gasteiger charge is 2.24. The fourth-order valence-corrected chi connectivity index (χ4v) is 2.81. The lowest BCUT2D eigenvalue weighted by Gasteiger charge is -2.17. The summed E-state index contributed by atoms with van der Waals surface area (Å²) in [5.74, 6) is -0.511. The number of hydrogen-bond donors (Lipinski definition) is 2.